The van der Waals surface area contributed by atoms with E-state index in [0.29, 0.717) is 20.7 Å². The molecule has 0 unspecified atom stereocenters. The molecule has 192 valence electrons. The van der Waals surface area contributed by atoms with Gasteiger partial charge in [-0.05, 0) is 53.9 Å². The molecule has 2 aliphatic heterocycles. The summed E-state index contributed by atoms with van der Waals surface area (Å²) in [5, 5.41) is 5.35. The molecule has 0 aromatic carbocycles. The minimum absolute atomic E-state index is 0.0195. The zero-order valence-electron chi connectivity index (χ0n) is 21.2. The van der Waals surface area contributed by atoms with Gasteiger partial charge in [0, 0.05) is 28.6 Å². The van der Waals surface area contributed by atoms with Crippen molar-refractivity contribution in [2.75, 3.05) is 4.90 Å². The van der Waals surface area contributed by atoms with Crippen molar-refractivity contribution in [2.24, 2.45) is 0 Å². The van der Waals surface area contributed by atoms with Gasteiger partial charge in [-0.2, -0.15) is 5.10 Å². The molecule has 2 saturated heterocycles. The molecule has 0 bridgehead atoms. The average molecular weight is 599 g/mol. The Bertz CT molecular complexity index is 1110. The van der Waals surface area contributed by atoms with E-state index in [1.54, 1.807) is 15.8 Å². The summed E-state index contributed by atoms with van der Waals surface area (Å²) in [6.07, 6.45) is 4.96. The summed E-state index contributed by atoms with van der Waals surface area (Å²) in [4.78, 5) is 24.5. The zero-order valence-corrected chi connectivity index (χ0v) is 23.3. The molecule has 0 spiro atoms. The van der Waals surface area contributed by atoms with Crippen molar-refractivity contribution >= 4 is 45.5 Å². The first kappa shape index (κ1) is 25.1. The van der Waals surface area contributed by atoms with E-state index in [0.717, 1.165) is 32.1 Å². The molecule has 11 heteroatoms. The molecule has 1 amide bonds. The Morgan fingerprint density at radius 3 is 2.57 bits per heavy atom. The van der Waals surface area contributed by atoms with Crippen LogP contribution in [0.1, 0.15) is 79.9 Å². The first-order valence-corrected chi connectivity index (χ1v) is 13.5. The van der Waals surface area contributed by atoms with Gasteiger partial charge in [0.1, 0.15) is 17.8 Å². The average Bonchev–Trinajstić information content (AvgIpc) is 3.50. The number of rotatable bonds is 4. The lowest BCUT2D eigenvalue weighted by Crippen LogP contribution is -2.43. The van der Waals surface area contributed by atoms with E-state index in [2.05, 4.69) is 34.6 Å². The lowest BCUT2D eigenvalue weighted by Gasteiger charge is -2.31. The number of nitrogens with zero attached hydrogens (tertiary/aromatic N) is 5. The molecule has 1 aliphatic carbocycles. The molecule has 5 rings (SSSR count). The second-order valence-corrected chi connectivity index (χ2v) is 11.9. The summed E-state index contributed by atoms with van der Waals surface area (Å²) in [6.45, 7) is 11.5. The predicted molar refractivity (Wildman–Crippen MR) is 137 cm³/mol. The topological polar surface area (TPSA) is 101 Å². The highest BCUT2D eigenvalue weighted by atomic mass is 127. The van der Waals surface area contributed by atoms with Crippen molar-refractivity contribution in [3.8, 4) is 0 Å². The minimum Gasteiger partial charge on any atom is -0.443 e. The first-order valence-electron chi connectivity index (χ1n) is 12.4. The van der Waals surface area contributed by atoms with Crippen molar-refractivity contribution in [3.63, 3.8) is 0 Å². The highest BCUT2D eigenvalue weighted by molar-refractivity contribution is 14.1. The third-order valence-electron chi connectivity index (χ3n) is 6.68. The molecule has 4 heterocycles. The van der Waals surface area contributed by atoms with Gasteiger partial charge in [0.25, 0.3) is 0 Å². The Hall–Kier alpha value is -1.57. The number of amides is 1. The standard InChI is InChI=1S/C24H34IN5O5/c1-7-15-16-17(34-24(5,6)33-16)20(32-15)30-19-14(12-26-30)18(27-21(25)28-19)29(13-10-8-9-11-13)22(31)35-23(2,3)4/h12-13,15-17,20H,7-11H2,1-6H3/t15-,16-,17-,20-/m1/s1. The van der Waals surface area contributed by atoms with E-state index >= 15 is 0 Å². The summed E-state index contributed by atoms with van der Waals surface area (Å²) in [7, 11) is 0. The van der Waals surface area contributed by atoms with Crippen LogP contribution >= 0.6 is 22.6 Å². The minimum atomic E-state index is -0.696. The van der Waals surface area contributed by atoms with Gasteiger partial charge in [-0.15, -0.1) is 0 Å². The van der Waals surface area contributed by atoms with Crippen molar-refractivity contribution in [2.45, 2.75) is 116 Å². The Morgan fingerprint density at radius 1 is 1.23 bits per heavy atom. The molecular formula is C24H34IN5O5. The maximum absolute atomic E-state index is 13.4. The van der Waals surface area contributed by atoms with Crippen LogP contribution in [0.3, 0.4) is 0 Å². The molecule has 2 aromatic rings. The zero-order chi connectivity index (χ0) is 25.1. The normalized spacial score (nSPS) is 28.5. The molecule has 3 aliphatic rings. The van der Waals surface area contributed by atoms with E-state index in [9.17, 15) is 4.79 Å². The molecule has 2 aromatic heterocycles. The number of anilines is 1. The third-order valence-corrected chi connectivity index (χ3v) is 7.17. The SMILES string of the molecule is CC[C@H]1O[C@@H](n2ncc3c(N(C(=O)OC(C)(C)C)C4CCCC4)nc(I)nc32)[C@@H]2OC(C)(C)O[C@@H]21. The fraction of sp³-hybridized carbons (Fsp3) is 0.750. The lowest BCUT2D eigenvalue weighted by molar-refractivity contribution is -0.197. The second-order valence-electron chi connectivity index (χ2n) is 11.0. The van der Waals surface area contributed by atoms with E-state index in [1.165, 1.54) is 0 Å². The van der Waals surface area contributed by atoms with E-state index in [4.69, 9.17) is 28.9 Å². The molecule has 0 N–H and O–H groups in total. The van der Waals surface area contributed by atoms with Gasteiger partial charge >= 0.3 is 6.09 Å². The van der Waals surface area contributed by atoms with Crippen molar-refractivity contribution < 1.29 is 23.7 Å². The quantitative estimate of drug-likeness (QED) is 0.360. The first-order chi connectivity index (χ1) is 16.5. The van der Waals surface area contributed by atoms with Crippen LogP contribution in [0.2, 0.25) is 0 Å². The Labute approximate surface area is 219 Å². The molecule has 10 nitrogen and oxygen atoms in total. The van der Waals surface area contributed by atoms with E-state index < -0.39 is 23.7 Å². The number of hydrogen-bond acceptors (Lipinski definition) is 8. The van der Waals surface area contributed by atoms with Gasteiger partial charge in [0.2, 0.25) is 0 Å². The van der Waals surface area contributed by atoms with Crippen molar-refractivity contribution in [3.05, 3.63) is 10.0 Å². The van der Waals surface area contributed by atoms with E-state index in [1.807, 2.05) is 34.6 Å². The van der Waals surface area contributed by atoms with Gasteiger partial charge in [-0.1, -0.05) is 19.8 Å². The lowest BCUT2D eigenvalue weighted by atomic mass is 10.1. The molecule has 4 atom stereocenters. The maximum atomic E-state index is 13.4. The van der Waals surface area contributed by atoms with Crippen LogP contribution in [0.15, 0.2) is 6.20 Å². The van der Waals surface area contributed by atoms with Crippen LogP contribution in [-0.2, 0) is 18.9 Å². The van der Waals surface area contributed by atoms with Gasteiger partial charge in [0.15, 0.2) is 27.3 Å². The van der Waals surface area contributed by atoms with Gasteiger partial charge in [0.05, 0.1) is 17.7 Å². The number of carbonyl (C=O) groups excluding carboxylic acids is 1. The third kappa shape index (κ3) is 4.76. The van der Waals surface area contributed by atoms with Crippen LogP contribution in [0, 0.1) is 3.83 Å². The number of halogens is 1. The van der Waals surface area contributed by atoms with Crippen LogP contribution in [-0.4, -0.2) is 61.6 Å². The van der Waals surface area contributed by atoms with Crippen LogP contribution in [0.4, 0.5) is 10.6 Å². The number of carbonyl (C=O) groups is 1. The molecule has 1 saturated carbocycles. The van der Waals surface area contributed by atoms with Crippen LogP contribution in [0.25, 0.3) is 11.0 Å². The molecule has 35 heavy (non-hydrogen) atoms. The van der Waals surface area contributed by atoms with Crippen LogP contribution < -0.4 is 4.90 Å². The maximum Gasteiger partial charge on any atom is 0.416 e. The highest BCUT2D eigenvalue weighted by Crippen LogP contribution is 2.45. The Kier molecular flexibility index (Phi) is 6.50. The number of ether oxygens (including phenoxy) is 4. The summed E-state index contributed by atoms with van der Waals surface area (Å²) in [5.74, 6) is -0.171. The number of aromatic nitrogens is 4. The number of fused-ring (bicyclic) bond motifs is 2. The fourth-order valence-electron chi connectivity index (χ4n) is 5.32. The van der Waals surface area contributed by atoms with Gasteiger partial charge in [-0.3, -0.25) is 4.90 Å². The largest absolute Gasteiger partial charge is 0.443 e. The summed E-state index contributed by atoms with van der Waals surface area (Å²) >= 11 is 2.09. The van der Waals surface area contributed by atoms with Crippen molar-refractivity contribution in [1.82, 2.24) is 19.7 Å². The molecular weight excluding hydrogens is 565 g/mol. The summed E-state index contributed by atoms with van der Waals surface area (Å²) < 4.78 is 26.8. The van der Waals surface area contributed by atoms with E-state index in [-0.39, 0.29) is 24.4 Å². The smallest absolute Gasteiger partial charge is 0.416 e. The van der Waals surface area contributed by atoms with Crippen molar-refractivity contribution in [1.29, 1.82) is 0 Å². The van der Waals surface area contributed by atoms with Gasteiger partial charge < -0.3 is 18.9 Å². The van der Waals surface area contributed by atoms with Crippen LogP contribution in [0.5, 0.6) is 0 Å². The fourth-order valence-corrected chi connectivity index (χ4v) is 5.78. The predicted octanol–water partition coefficient (Wildman–Crippen LogP) is 4.94. The Morgan fingerprint density at radius 2 is 1.91 bits per heavy atom. The monoisotopic (exact) mass is 599 g/mol. The summed E-state index contributed by atoms with van der Waals surface area (Å²) in [6, 6.07) is 0.0195. The molecule has 0 radical (unpaired) electrons. The number of hydrogen-bond donors (Lipinski definition) is 0. The van der Waals surface area contributed by atoms with Gasteiger partial charge in [-0.25, -0.2) is 19.4 Å². The summed E-state index contributed by atoms with van der Waals surface area (Å²) in [5.41, 5.74) is -0.0221. The Balaban J connectivity index is 1.57. The highest BCUT2D eigenvalue weighted by Gasteiger charge is 2.56. The molecule has 3 fully saturated rings. The second kappa shape index (κ2) is 9.07.